The largest absolute Gasteiger partial charge is 0.0622 e. The van der Waals surface area contributed by atoms with Gasteiger partial charge in [-0.25, -0.2) is 0 Å². The van der Waals surface area contributed by atoms with Gasteiger partial charge in [0.1, 0.15) is 0 Å². The lowest BCUT2D eigenvalue weighted by molar-refractivity contribution is 0.324. The zero-order chi connectivity index (χ0) is 22.7. The fraction of sp³-hybridized carbons (Fsp3) is 0.438. The molecule has 1 unspecified atom stereocenters. The van der Waals surface area contributed by atoms with E-state index in [-0.39, 0.29) is 10.8 Å². The Kier molecular flexibility index (Phi) is 5.12. The Labute approximate surface area is 195 Å². The molecule has 166 valence electrons. The number of fused-ring (bicyclic) bond motifs is 2. The summed E-state index contributed by atoms with van der Waals surface area (Å²) in [5.41, 5.74) is 15.6. The molecule has 1 atom stereocenters. The average molecular weight is 423 g/mol. The first-order valence-corrected chi connectivity index (χ1v) is 12.5. The van der Waals surface area contributed by atoms with Crippen LogP contribution >= 0.6 is 0 Å². The van der Waals surface area contributed by atoms with E-state index in [1.165, 1.54) is 48.0 Å². The van der Waals surface area contributed by atoms with Crippen LogP contribution in [0, 0.1) is 5.41 Å². The maximum absolute atomic E-state index is 2.62. The van der Waals surface area contributed by atoms with E-state index in [0.717, 1.165) is 12.8 Å². The van der Waals surface area contributed by atoms with E-state index in [4.69, 9.17) is 0 Å². The van der Waals surface area contributed by atoms with Crippen LogP contribution in [0.15, 0.2) is 70.3 Å². The topological polar surface area (TPSA) is 0 Å². The van der Waals surface area contributed by atoms with Gasteiger partial charge in [0.2, 0.25) is 0 Å². The Balaban J connectivity index is 1.69. The summed E-state index contributed by atoms with van der Waals surface area (Å²) >= 11 is 0. The second-order valence-electron chi connectivity index (χ2n) is 11.0. The molecular weight excluding hydrogens is 384 g/mol. The zero-order valence-electron chi connectivity index (χ0n) is 20.9. The minimum Gasteiger partial charge on any atom is -0.0622 e. The molecule has 0 aromatic heterocycles. The van der Waals surface area contributed by atoms with Gasteiger partial charge in [0.25, 0.3) is 0 Å². The SMILES string of the molecule is CC1=Cc2cc3c(cc2C1(Cc1ccccc1)CC1(C)C(C)=C(C)C(C)=C1C)CCCC3. The van der Waals surface area contributed by atoms with Gasteiger partial charge in [-0.3, -0.25) is 0 Å². The third-order valence-corrected chi connectivity index (χ3v) is 9.50. The second-order valence-corrected chi connectivity index (χ2v) is 11.0. The highest BCUT2D eigenvalue weighted by molar-refractivity contribution is 5.72. The van der Waals surface area contributed by atoms with Crippen molar-refractivity contribution in [1.82, 2.24) is 0 Å². The fourth-order valence-corrected chi connectivity index (χ4v) is 6.94. The van der Waals surface area contributed by atoms with Crippen molar-refractivity contribution in [2.24, 2.45) is 5.41 Å². The van der Waals surface area contributed by atoms with Crippen LogP contribution in [0.25, 0.3) is 6.08 Å². The fourth-order valence-electron chi connectivity index (χ4n) is 6.94. The molecule has 0 radical (unpaired) electrons. The minimum atomic E-state index is 0.0470. The molecular formula is C32H38. The van der Waals surface area contributed by atoms with Crippen molar-refractivity contribution in [1.29, 1.82) is 0 Å². The first-order chi connectivity index (χ1) is 15.3. The molecule has 0 N–H and O–H groups in total. The van der Waals surface area contributed by atoms with Gasteiger partial charge in [-0.1, -0.05) is 72.2 Å². The van der Waals surface area contributed by atoms with Gasteiger partial charge in [0.15, 0.2) is 0 Å². The van der Waals surface area contributed by atoms with Crippen LogP contribution in [0.4, 0.5) is 0 Å². The van der Waals surface area contributed by atoms with Crippen LogP contribution < -0.4 is 0 Å². The number of hydrogen-bond acceptors (Lipinski definition) is 0. The Hall–Kier alpha value is -2.34. The molecule has 0 bridgehead atoms. The van der Waals surface area contributed by atoms with E-state index in [2.05, 4.69) is 90.1 Å². The zero-order valence-corrected chi connectivity index (χ0v) is 20.9. The van der Waals surface area contributed by atoms with Gasteiger partial charge >= 0.3 is 0 Å². The summed E-state index contributed by atoms with van der Waals surface area (Å²) in [5, 5.41) is 0. The van der Waals surface area contributed by atoms with Crippen LogP contribution in [0.3, 0.4) is 0 Å². The molecule has 2 aromatic rings. The van der Waals surface area contributed by atoms with E-state index in [1.54, 1.807) is 33.4 Å². The second kappa shape index (κ2) is 7.62. The van der Waals surface area contributed by atoms with Crippen LogP contribution in [0.1, 0.15) is 88.6 Å². The first kappa shape index (κ1) is 21.5. The third kappa shape index (κ3) is 3.10. The molecule has 5 rings (SSSR count). The van der Waals surface area contributed by atoms with Gasteiger partial charge in [0.05, 0.1) is 0 Å². The Morgan fingerprint density at radius 3 is 2.00 bits per heavy atom. The molecule has 0 amide bonds. The van der Waals surface area contributed by atoms with E-state index in [0.29, 0.717) is 0 Å². The molecule has 0 aliphatic heterocycles. The lowest BCUT2D eigenvalue weighted by Crippen LogP contribution is -2.36. The summed E-state index contributed by atoms with van der Waals surface area (Å²) in [5.74, 6) is 0. The van der Waals surface area contributed by atoms with Crippen molar-refractivity contribution < 1.29 is 0 Å². The molecule has 0 heteroatoms. The van der Waals surface area contributed by atoms with E-state index in [1.807, 2.05) is 0 Å². The van der Waals surface area contributed by atoms with Crippen LogP contribution in [0.5, 0.6) is 0 Å². The van der Waals surface area contributed by atoms with Gasteiger partial charge < -0.3 is 0 Å². The average Bonchev–Trinajstić information content (AvgIpc) is 3.12. The van der Waals surface area contributed by atoms with Gasteiger partial charge in [-0.15, -0.1) is 0 Å². The summed E-state index contributed by atoms with van der Waals surface area (Å²) in [7, 11) is 0. The number of aryl methyl sites for hydroxylation is 2. The quantitative estimate of drug-likeness (QED) is 0.463. The number of hydrogen-bond donors (Lipinski definition) is 0. The lowest BCUT2D eigenvalue weighted by atomic mass is 9.60. The van der Waals surface area contributed by atoms with E-state index >= 15 is 0 Å². The minimum absolute atomic E-state index is 0.0470. The number of allylic oxidation sites excluding steroid dienone is 5. The molecule has 0 saturated heterocycles. The third-order valence-electron chi connectivity index (χ3n) is 9.50. The van der Waals surface area contributed by atoms with Crippen molar-refractivity contribution in [3.8, 4) is 0 Å². The van der Waals surface area contributed by atoms with E-state index in [9.17, 15) is 0 Å². The normalized spacial score (nSPS) is 24.0. The summed E-state index contributed by atoms with van der Waals surface area (Å²) in [4.78, 5) is 0. The van der Waals surface area contributed by atoms with Crippen molar-refractivity contribution in [2.75, 3.05) is 0 Å². The highest BCUT2D eigenvalue weighted by Gasteiger charge is 2.48. The molecule has 2 aromatic carbocycles. The first-order valence-electron chi connectivity index (χ1n) is 12.5. The van der Waals surface area contributed by atoms with Crippen molar-refractivity contribution in [2.45, 2.75) is 85.5 Å². The summed E-state index contributed by atoms with van der Waals surface area (Å²) in [6.45, 7) is 14.3. The Bertz CT molecular complexity index is 1140. The molecule has 3 aliphatic carbocycles. The highest BCUT2D eigenvalue weighted by Crippen LogP contribution is 2.58. The monoisotopic (exact) mass is 422 g/mol. The highest BCUT2D eigenvalue weighted by atomic mass is 14.5. The summed E-state index contributed by atoms with van der Waals surface area (Å²) in [6, 6.07) is 16.4. The smallest absolute Gasteiger partial charge is 0.0220 e. The van der Waals surface area contributed by atoms with Gasteiger partial charge in [-0.2, -0.15) is 0 Å². The van der Waals surface area contributed by atoms with Crippen LogP contribution in [-0.2, 0) is 24.7 Å². The predicted octanol–water partition coefficient (Wildman–Crippen LogP) is 8.55. The number of rotatable bonds is 4. The molecule has 0 spiro atoms. The Morgan fingerprint density at radius 1 is 0.781 bits per heavy atom. The van der Waals surface area contributed by atoms with Gasteiger partial charge in [0, 0.05) is 10.8 Å². The van der Waals surface area contributed by atoms with Crippen LogP contribution in [0.2, 0.25) is 0 Å². The summed E-state index contributed by atoms with van der Waals surface area (Å²) < 4.78 is 0. The molecule has 0 heterocycles. The summed E-state index contributed by atoms with van der Waals surface area (Å²) in [6.07, 6.45) is 9.92. The lowest BCUT2D eigenvalue weighted by Gasteiger charge is -2.42. The van der Waals surface area contributed by atoms with E-state index < -0.39 is 0 Å². The molecule has 0 nitrogen and oxygen atoms in total. The molecule has 32 heavy (non-hydrogen) atoms. The van der Waals surface area contributed by atoms with Crippen molar-refractivity contribution in [3.63, 3.8) is 0 Å². The van der Waals surface area contributed by atoms with Gasteiger partial charge in [-0.05, 0) is 112 Å². The molecule has 0 fully saturated rings. The molecule has 3 aliphatic rings. The maximum Gasteiger partial charge on any atom is 0.0220 e. The standard InChI is InChI=1S/C32H38/c1-21-16-29-17-27-14-10-11-15-28(27)18-30(29)32(21,19-26-12-8-7-9-13-26)20-31(6)24(4)22(2)23(3)25(31)5/h7-9,12-13,16-18H,10-11,14-15,19-20H2,1-6H3. The van der Waals surface area contributed by atoms with Crippen molar-refractivity contribution >= 4 is 6.08 Å². The van der Waals surface area contributed by atoms with Crippen molar-refractivity contribution in [3.05, 3.63) is 98.1 Å². The Morgan fingerprint density at radius 2 is 1.38 bits per heavy atom. The molecule has 0 saturated carbocycles. The number of benzene rings is 2. The maximum atomic E-state index is 2.62. The predicted molar refractivity (Wildman–Crippen MR) is 138 cm³/mol. The van der Waals surface area contributed by atoms with Crippen LogP contribution in [-0.4, -0.2) is 0 Å².